The average Bonchev–Trinajstić information content (AvgIpc) is 2.99. The molecule has 146 valence electrons. The van der Waals surface area contributed by atoms with E-state index >= 15 is 0 Å². The molecule has 3 rings (SSSR count). The summed E-state index contributed by atoms with van der Waals surface area (Å²) >= 11 is 0. The quantitative estimate of drug-likeness (QED) is 0.649. The van der Waals surface area contributed by atoms with Crippen LogP contribution in [-0.2, 0) is 23.8 Å². The predicted molar refractivity (Wildman–Crippen MR) is 110 cm³/mol. The fourth-order valence-electron chi connectivity index (χ4n) is 3.22. The summed E-state index contributed by atoms with van der Waals surface area (Å²) in [4.78, 5) is 13.0. The molecule has 0 bridgehead atoms. The molecule has 0 saturated heterocycles. The Balaban J connectivity index is 1.95. The number of hydrogen-bond acceptors (Lipinski definition) is 3. The molecule has 7 heteroatoms. The zero-order chi connectivity index (χ0) is 20.5. The highest BCUT2D eigenvalue weighted by molar-refractivity contribution is 7.90. The zero-order valence-corrected chi connectivity index (χ0v) is 16.9. The van der Waals surface area contributed by atoms with Gasteiger partial charge in [0.15, 0.2) is 0 Å². The zero-order valence-electron chi connectivity index (χ0n) is 16.1. The number of carbonyl (C=O) groups excluding carboxylic acids is 1. The Hall–Kier alpha value is -2.90. The van der Waals surface area contributed by atoms with Gasteiger partial charge < -0.3 is 4.57 Å². The molecule has 0 aliphatic rings. The molecule has 2 N–H and O–H groups in total. The third-order valence-electron chi connectivity index (χ3n) is 4.74. The van der Waals surface area contributed by atoms with Crippen LogP contribution in [0.5, 0.6) is 0 Å². The van der Waals surface area contributed by atoms with E-state index in [0.717, 1.165) is 15.4 Å². The molecule has 1 aromatic heterocycles. The van der Waals surface area contributed by atoms with Crippen LogP contribution < -0.4 is 9.44 Å². The normalized spacial score (nSPS) is 11.4. The van der Waals surface area contributed by atoms with Gasteiger partial charge in [-0.15, -0.1) is 0 Å². The van der Waals surface area contributed by atoms with Gasteiger partial charge in [0.1, 0.15) is 0 Å². The Morgan fingerprint density at radius 1 is 1.04 bits per heavy atom. The lowest BCUT2D eigenvalue weighted by molar-refractivity contribution is 0.103. The summed E-state index contributed by atoms with van der Waals surface area (Å²) in [5.74, 6) is -0.104. The Bertz CT molecular complexity index is 1120. The van der Waals surface area contributed by atoms with Crippen LogP contribution in [0.1, 0.15) is 32.9 Å². The maximum absolute atomic E-state index is 13.0. The van der Waals surface area contributed by atoms with Gasteiger partial charge in [-0.25, -0.2) is 5.14 Å². The van der Waals surface area contributed by atoms with Crippen LogP contribution in [-0.4, -0.2) is 18.8 Å². The highest BCUT2D eigenvalue weighted by atomic mass is 32.2. The van der Waals surface area contributed by atoms with Crippen molar-refractivity contribution in [3.63, 3.8) is 0 Å². The van der Waals surface area contributed by atoms with Crippen LogP contribution in [0.25, 0.3) is 0 Å². The molecule has 0 unspecified atom stereocenters. The van der Waals surface area contributed by atoms with Crippen LogP contribution in [0.3, 0.4) is 0 Å². The Morgan fingerprint density at radius 2 is 1.71 bits per heavy atom. The minimum Gasteiger partial charge on any atom is -0.343 e. The van der Waals surface area contributed by atoms with Gasteiger partial charge >= 0.3 is 0 Å². The second kappa shape index (κ2) is 7.61. The summed E-state index contributed by atoms with van der Waals surface area (Å²) in [6.07, 6.45) is 0. The van der Waals surface area contributed by atoms with Crippen LogP contribution in [0.2, 0.25) is 0 Å². The summed E-state index contributed by atoms with van der Waals surface area (Å²) < 4.78 is 27.1. The number of anilines is 1. The number of hydrogen-bond donors (Lipinski definition) is 1. The molecule has 0 radical (unpaired) electrons. The Labute approximate surface area is 165 Å². The average molecular weight is 398 g/mol. The topological polar surface area (TPSA) is 85.4 Å². The second-order valence-corrected chi connectivity index (χ2v) is 8.27. The minimum absolute atomic E-state index is 0.0273. The summed E-state index contributed by atoms with van der Waals surface area (Å²) in [6.45, 7) is 3.91. The Morgan fingerprint density at radius 3 is 2.32 bits per heavy atom. The molecular weight excluding hydrogens is 374 g/mol. The van der Waals surface area contributed by atoms with Gasteiger partial charge in [-0.05, 0) is 43.7 Å². The number of nitrogens with two attached hydrogens (primary N) is 1. The number of aryl methyl sites for hydroxylation is 2. The van der Waals surface area contributed by atoms with Crippen LogP contribution in [0.15, 0.2) is 60.7 Å². The number of carbonyl (C=O) groups is 1. The van der Waals surface area contributed by atoms with E-state index in [1.807, 2.05) is 32.0 Å². The molecule has 0 saturated carbocycles. The van der Waals surface area contributed by atoms with Crippen molar-refractivity contribution in [1.82, 2.24) is 4.57 Å². The van der Waals surface area contributed by atoms with E-state index in [-0.39, 0.29) is 12.3 Å². The maximum Gasteiger partial charge on any atom is 0.299 e. The fraction of sp³-hybridized carbons (Fsp3) is 0.190. The van der Waals surface area contributed by atoms with Gasteiger partial charge in [0.2, 0.25) is 5.78 Å². The smallest absolute Gasteiger partial charge is 0.299 e. The molecule has 2 aromatic carbocycles. The van der Waals surface area contributed by atoms with E-state index < -0.39 is 10.2 Å². The van der Waals surface area contributed by atoms with Crippen molar-refractivity contribution in [3.8, 4) is 0 Å². The Kier molecular flexibility index (Phi) is 5.40. The molecule has 0 aliphatic heterocycles. The van der Waals surface area contributed by atoms with Crippen molar-refractivity contribution in [1.29, 1.82) is 0 Å². The lowest BCUT2D eigenvalue weighted by atomic mass is 10.0. The predicted octanol–water partition coefficient (Wildman–Crippen LogP) is 3.08. The molecule has 1 heterocycles. The van der Waals surface area contributed by atoms with Gasteiger partial charge in [0, 0.05) is 18.3 Å². The van der Waals surface area contributed by atoms with E-state index in [1.54, 1.807) is 54.1 Å². The van der Waals surface area contributed by atoms with Gasteiger partial charge in [0.05, 0.1) is 17.9 Å². The summed E-state index contributed by atoms with van der Waals surface area (Å²) in [5.41, 5.74) is 4.24. The first-order chi connectivity index (χ1) is 13.2. The molecule has 0 spiro atoms. The van der Waals surface area contributed by atoms with Crippen molar-refractivity contribution in [2.24, 2.45) is 12.2 Å². The van der Waals surface area contributed by atoms with Crippen molar-refractivity contribution < 1.29 is 13.2 Å². The van der Waals surface area contributed by atoms with Gasteiger partial charge in [-0.2, -0.15) is 8.42 Å². The van der Waals surface area contributed by atoms with E-state index in [1.165, 1.54) is 0 Å². The minimum atomic E-state index is -3.97. The first-order valence-corrected chi connectivity index (χ1v) is 10.3. The lowest BCUT2D eigenvalue weighted by Crippen LogP contribution is -2.36. The van der Waals surface area contributed by atoms with E-state index in [9.17, 15) is 13.2 Å². The second-order valence-electron chi connectivity index (χ2n) is 6.80. The molecule has 28 heavy (non-hydrogen) atoms. The van der Waals surface area contributed by atoms with Gasteiger partial charge in [-0.1, -0.05) is 42.0 Å². The lowest BCUT2D eigenvalue weighted by Gasteiger charge is -2.22. The van der Waals surface area contributed by atoms with Crippen LogP contribution in [0, 0.1) is 13.8 Å². The summed E-state index contributed by atoms with van der Waals surface area (Å²) in [7, 11) is -2.22. The van der Waals surface area contributed by atoms with E-state index in [2.05, 4.69) is 0 Å². The van der Waals surface area contributed by atoms with Crippen molar-refractivity contribution in [2.75, 3.05) is 4.31 Å². The number of benzene rings is 2. The summed E-state index contributed by atoms with van der Waals surface area (Å²) in [5, 5.41) is 5.42. The van der Waals surface area contributed by atoms with Crippen LogP contribution in [0.4, 0.5) is 5.69 Å². The first-order valence-electron chi connectivity index (χ1n) is 8.80. The summed E-state index contributed by atoms with van der Waals surface area (Å²) in [6, 6.07) is 17.8. The largest absolute Gasteiger partial charge is 0.343 e. The number of nitrogens with zero attached hydrogens (tertiary/aromatic N) is 2. The number of para-hydroxylation sites is 1. The SMILES string of the molecule is Cc1ccc(C(=O)c2ccc(CN(c3ccccc3)S(N)(=O)=O)n2C)c(C)c1. The number of ketones is 1. The standard InChI is InChI=1S/C21H23N3O3S/c1-15-9-11-19(16(2)13-15)21(25)20-12-10-18(23(20)3)14-24(28(22,26)27)17-7-5-4-6-8-17/h4-13H,14H2,1-3H3,(H2,22,26,27). The van der Waals surface area contributed by atoms with Gasteiger partial charge in [-0.3, -0.25) is 9.10 Å². The molecule has 3 aromatic rings. The number of aromatic nitrogens is 1. The molecule has 0 aliphatic carbocycles. The van der Waals surface area contributed by atoms with E-state index in [0.29, 0.717) is 22.6 Å². The third kappa shape index (κ3) is 4.00. The molecule has 0 fully saturated rings. The monoisotopic (exact) mass is 397 g/mol. The van der Waals surface area contributed by atoms with Crippen molar-refractivity contribution in [3.05, 3.63) is 88.7 Å². The van der Waals surface area contributed by atoms with Crippen molar-refractivity contribution in [2.45, 2.75) is 20.4 Å². The maximum atomic E-state index is 13.0. The van der Waals surface area contributed by atoms with E-state index in [4.69, 9.17) is 5.14 Å². The highest BCUT2D eigenvalue weighted by Gasteiger charge is 2.22. The molecule has 6 nitrogen and oxygen atoms in total. The van der Waals surface area contributed by atoms with Gasteiger partial charge in [0.25, 0.3) is 10.2 Å². The highest BCUT2D eigenvalue weighted by Crippen LogP contribution is 2.22. The first kappa shape index (κ1) is 19.9. The fourth-order valence-corrected chi connectivity index (χ4v) is 3.94. The van der Waals surface area contributed by atoms with Crippen molar-refractivity contribution >= 4 is 21.7 Å². The number of rotatable bonds is 6. The van der Waals surface area contributed by atoms with Crippen LogP contribution >= 0.6 is 0 Å². The molecular formula is C21H23N3O3S. The third-order valence-corrected chi connectivity index (χ3v) is 5.70. The molecule has 0 amide bonds. The molecule has 0 atom stereocenters.